The number of hydrogen-bond acceptors (Lipinski definition) is 4. The van der Waals surface area contributed by atoms with Crippen LogP contribution in [-0.4, -0.2) is 34.8 Å². The number of piperidine rings is 1. The molecule has 4 nitrogen and oxygen atoms in total. The molecular weight excluding hydrogens is 425 g/mol. The maximum absolute atomic E-state index is 13.5. The molecule has 0 unspecified atom stereocenters. The lowest BCUT2D eigenvalue weighted by Crippen LogP contribution is -2.48. The molecule has 3 aromatic rings. The summed E-state index contributed by atoms with van der Waals surface area (Å²) >= 11 is 6.15. The zero-order valence-corrected chi connectivity index (χ0v) is 18.8. The SMILES string of the molecule is Fc1ccc(Cl)c(-c2ccc(OCC3CC4(CCN(Cc5ccccc5)CC4)C3)nn2)c1. The summed E-state index contributed by atoms with van der Waals surface area (Å²) in [4.78, 5) is 2.58. The van der Waals surface area contributed by atoms with Gasteiger partial charge in [0.1, 0.15) is 5.82 Å². The molecule has 1 aliphatic carbocycles. The summed E-state index contributed by atoms with van der Waals surface area (Å²) in [6.45, 7) is 4.08. The van der Waals surface area contributed by atoms with Crippen molar-refractivity contribution in [3.63, 3.8) is 0 Å². The van der Waals surface area contributed by atoms with Crippen LogP contribution in [0.2, 0.25) is 5.02 Å². The molecule has 2 heterocycles. The van der Waals surface area contributed by atoms with Gasteiger partial charge in [-0.1, -0.05) is 41.9 Å². The summed E-state index contributed by atoms with van der Waals surface area (Å²) in [5.74, 6) is 0.728. The quantitative estimate of drug-likeness (QED) is 0.460. The van der Waals surface area contributed by atoms with Gasteiger partial charge in [0.2, 0.25) is 5.88 Å². The molecule has 6 heteroatoms. The summed E-state index contributed by atoms with van der Waals surface area (Å²) < 4.78 is 19.4. The van der Waals surface area contributed by atoms with Crippen LogP contribution in [0, 0.1) is 17.2 Å². The first-order chi connectivity index (χ1) is 15.6. The van der Waals surface area contributed by atoms with Gasteiger partial charge in [0.15, 0.2) is 0 Å². The Morgan fingerprint density at radius 2 is 1.78 bits per heavy atom. The highest BCUT2D eigenvalue weighted by atomic mass is 35.5. The standard InChI is InChI=1S/C26H27ClFN3O/c27-23-7-6-21(28)14-22(23)24-8-9-25(30-29-24)32-18-20-15-26(16-20)10-12-31(13-11-26)17-19-4-2-1-3-5-19/h1-9,14,20H,10-13,15-18H2. The largest absolute Gasteiger partial charge is 0.476 e. The monoisotopic (exact) mass is 451 g/mol. The van der Waals surface area contributed by atoms with Crippen LogP contribution in [0.15, 0.2) is 60.7 Å². The van der Waals surface area contributed by atoms with E-state index in [1.54, 1.807) is 12.1 Å². The Hall–Kier alpha value is -2.50. The maximum atomic E-state index is 13.5. The van der Waals surface area contributed by atoms with Gasteiger partial charge in [-0.3, -0.25) is 4.90 Å². The molecule has 2 aliphatic rings. The minimum absolute atomic E-state index is 0.351. The lowest BCUT2D eigenvalue weighted by Gasteiger charge is -2.52. The molecule has 2 fully saturated rings. The molecule has 1 spiro atoms. The van der Waals surface area contributed by atoms with Crippen LogP contribution < -0.4 is 4.74 Å². The lowest BCUT2D eigenvalue weighted by molar-refractivity contribution is -0.0318. The van der Waals surface area contributed by atoms with Gasteiger partial charge >= 0.3 is 0 Å². The van der Waals surface area contributed by atoms with Crippen LogP contribution >= 0.6 is 11.6 Å². The number of hydrogen-bond donors (Lipinski definition) is 0. The van der Waals surface area contributed by atoms with Gasteiger partial charge in [-0.2, -0.15) is 0 Å². The molecule has 32 heavy (non-hydrogen) atoms. The van der Waals surface area contributed by atoms with Crippen LogP contribution in [0.3, 0.4) is 0 Å². The summed E-state index contributed by atoms with van der Waals surface area (Å²) in [6.07, 6.45) is 5.02. The fourth-order valence-corrected chi connectivity index (χ4v) is 5.37. The fourth-order valence-electron chi connectivity index (χ4n) is 5.16. The molecule has 0 bridgehead atoms. The second kappa shape index (κ2) is 9.16. The Balaban J connectivity index is 1.08. The molecule has 0 atom stereocenters. The van der Waals surface area contributed by atoms with Gasteiger partial charge in [0, 0.05) is 18.2 Å². The summed E-state index contributed by atoms with van der Waals surface area (Å²) in [7, 11) is 0. The minimum atomic E-state index is -0.351. The van der Waals surface area contributed by atoms with E-state index >= 15 is 0 Å². The third kappa shape index (κ3) is 4.79. The van der Waals surface area contributed by atoms with E-state index in [1.807, 2.05) is 0 Å². The first-order valence-electron chi connectivity index (χ1n) is 11.3. The minimum Gasteiger partial charge on any atom is -0.476 e. The van der Waals surface area contributed by atoms with Crippen molar-refractivity contribution < 1.29 is 9.13 Å². The second-order valence-corrected chi connectivity index (χ2v) is 9.64. The first kappa shape index (κ1) is 21.4. The number of rotatable bonds is 6. The van der Waals surface area contributed by atoms with Crippen molar-refractivity contribution in [3.05, 3.63) is 77.1 Å². The number of likely N-dealkylation sites (tertiary alicyclic amines) is 1. The van der Waals surface area contributed by atoms with E-state index < -0.39 is 0 Å². The van der Waals surface area contributed by atoms with Crippen LogP contribution in [0.4, 0.5) is 4.39 Å². The van der Waals surface area contributed by atoms with Crippen molar-refractivity contribution in [1.29, 1.82) is 0 Å². The van der Waals surface area contributed by atoms with Crippen molar-refractivity contribution >= 4 is 11.6 Å². The average molecular weight is 452 g/mol. The van der Waals surface area contributed by atoms with E-state index in [0.29, 0.717) is 40.1 Å². The van der Waals surface area contributed by atoms with Crippen LogP contribution in [0.5, 0.6) is 5.88 Å². The fraction of sp³-hybridized carbons (Fsp3) is 0.385. The number of aromatic nitrogens is 2. The van der Waals surface area contributed by atoms with E-state index in [0.717, 1.165) is 6.54 Å². The van der Waals surface area contributed by atoms with Crippen LogP contribution in [0.25, 0.3) is 11.3 Å². The van der Waals surface area contributed by atoms with Crippen molar-refractivity contribution in [2.75, 3.05) is 19.7 Å². The molecule has 1 saturated heterocycles. The number of nitrogens with zero attached hydrogens (tertiary/aromatic N) is 3. The maximum Gasteiger partial charge on any atom is 0.233 e. The highest BCUT2D eigenvalue weighted by Crippen LogP contribution is 2.52. The van der Waals surface area contributed by atoms with Crippen LogP contribution in [0.1, 0.15) is 31.2 Å². The predicted molar refractivity (Wildman–Crippen MR) is 124 cm³/mol. The molecular formula is C26H27ClFN3O. The Kier molecular flexibility index (Phi) is 6.11. The second-order valence-electron chi connectivity index (χ2n) is 9.23. The van der Waals surface area contributed by atoms with Gasteiger partial charge in [-0.15, -0.1) is 10.2 Å². The first-order valence-corrected chi connectivity index (χ1v) is 11.6. The molecule has 0 radical (unpaired) electrons. The molecule has 1 saturated carbocycles. The number of halogens is 2. The highest BCUT2D eigenvalue weighted by molar-refractivity contribution is 6.33. The molecule has 1 aromatic heterocycles. The highest BCUT2D eigenvalue weighted by Gasteiger charge is 2.45. The van der Waals surface area contributed by atoms with E-state index in [1.165, 1.54) is 62.5 Å². The van der Waals surface area contributed by atoms with Gasteiger partial charge in [0.05, 0.1) is 17.3 Å². The van der Waals surface area contributed by atoms with E-state index in [2.05, 4.69) is 45.4 Å². The zero-order valence-electron chi connectivity index (χ0n) is 18.0. The normalized spacial score (nSPS) is 18.4. The molecule has 0 amide bonds. The van der Waals surface area contributed by atoms with Gasteiger partial charge in [0.25, 0.3) is 0 Å². The van der Waals surface area contributed by atoms with Crippen molar-refractivity contribution in [1.82, 2.24) is 15.1 Å². The molecule has 166 valence electrons. The van der Waals surface area contributed by atoms with E-state index in [4.69, 9.17) is 16.3 Å². The third-order valence-electron chi connectivity index (χ3n) is 6.92. The number of ether oxygens (including phenoxy) is 1. The van der Waals surface area contributed by atoms with E-state index in [9.17, 15) is 4.39 Å². The predicted octanol–water partition coefficient (Wildman–Crippen LogP) is 6.01. The zero-order chi connectivity index (χ0) is 22.0. The van der Waals surface area contributed by atoms with Crippen molar-refractivity contribution in [2.45, 2.75) is 32.2 Å². The topological polar surface area (TPSA) is 38.2 Å². The van der Waals surface area contributed by atoms with E-state index in [-0.39, 0.29) is 5.82 Å². The Labute approximate surface area is 193 Å². The van der Waals surface area contributed by atoms with Crippen molar-refractivity contribution in [3.8, 4) is 17.1 Å². The third-order valence-corrected chi connectivity index (χ3v) is 7.25. The molecule has 5 rings (SSSR count). The summed E-state index contributed by atoms with van der Waals surface area (Å²) in [5, 5.41) is 8.77. The molecule has 2 aromatic carbocycles. The van der Waals surface area contributed by atoms with Crippen molar-refractivity contribution in [2.24, 2.45) is 11.3 Å². The summed E-state index contributed by atoms with van der Waals surface area (Å²) in [6, 6.07) is 18.5. The van der Waals surface area contributed by atoms with Gasteiger partial charge in [-0.25, -0.2) is 4.39 Å². The van der Waals surface area contributed by atoms with Crippen LogP contribution in [-0.2, 0) is 6.54 Å². The Morgan fingerprint density at radius 1 is 1.00 bits per heavy atom. The molecule has 0 N–H and O–H groups in total. The number of benzene rings is 2. The summed E-state index contributed by atoms with van der Waals surface area (Å²) in [5.41, 5.74) is 2.97. The Bertz CT molecular complexity index is 1040. The lowest BCUT2D eigenvalue weighted by atomic mass is 9.58. The Morgan fingerprint density at radius 3 is 2.50 bits per heavy atom. The molecule has 1 aliphatic heterocycles. The smallest absolute Gasteiger partial charge is 0.233 e. The average Bonchev–Trinajstić information content (AvgIpc) is 2.80. The van der Waals surface area contributed by atoms with Gasteiger partial charge < -0.3 is 4.74 Å². The van der Waals surface area contributed by atoms with Gasteiger partial charge in [-0.05, 0) is 79.9 Å².